The fourth-order valence-electron chi connectivity index (χ4n) is 1.61. The van der Waals surface area contributed by atoms with Gasteiger partial charge in [0, 0.05) is 12.5 Å². The quantitative estimate of drug-likeness (QED) is 0.728. The van der Waals surface area contributed by atoms with E-state index in [2.05, 4.69) is 0 Å². The second-order valence-corrected chi connectivity index (χ2v) is 7.01. The number of sulfonamides is 1. The molecule has 15 heavy (non-hydrogen) atoms. The Bertz CT molecular complexity index is 346. The number of carbonyl (C=O) groups is 1. The van der Waals surface area contributed by atoms with Crippen LogP contribution in [0.25, 0.3) is 0 Å². The first kappa shape index (κ1) is 12.6. The molecule has 1 saturated heterocycles. The summed E-state index contributed by atoms with van der Waals surface area (Å²) in [5.41, 5.74) is 0. The zero-order valence-electron chi connectivity index (χ0n) is 9.73. The third-order valence-corrected chi connectivity index (χ3v) is 5.07. The topological polar surface area (TPSA) is 54.5 Å². The summed E-state index contributed by atoms with van der Waals surface area (Å²) in [6, 6.07) is -0.405. The van der Waals surface area contributed by atoms with Crippen molar-refractivity contribution in [3.8, 4) is 0 Å². The number of Topliss-reactive ketones (excluding diaryl/α,β-unsaturated/α-hetero) is 1. The van der Waals surface area contributed by atoms with Crippen LogP contribution in [0.4, 0.5) is 0 Å². The molecule has 0 aliphatic carbocycles. The van der Waals surface area contributed by atoms with Crippen LogP contribution in [0.5, 0.6) is 0 Å². The molecule has 4 nitrogen and oxygen atoms in total. The number of carbonyl (C=O) groups excluding carboxylic acids is 1. The van der Waals surface area contributed by atoms with Crippen molar-refractivity contribution < 1.29 is 13.2 Å². The third-order valence-electron chi connectivity index (χ3n) is 2.79. The summed E-state index contributed by atoms with van der Waals surface area (Å²) in [5.74, 6) is -0.0642. The fourth-order valence-corrected chi connectivity index (χ4v) is 3.07. The maximum Gasteiger partial charge on any atom is 0.217 e. The van der Waals surface area contributed by atoms with Crippen LogP contribution in [0.15, 0.2) is 0 Å². The van der Waals surface area contributed by atoms with Gasteiger partial charge in [0.25, 0.3) is 0 Å². The number of ketones is 1. The van der Waals surface area contributed by atoms with Crippen LogP contribution in [-0.4, -0.2) is 36.3 Å². The van der Waals surface area contributed by atoms with Crippen LogP contribution in [0, 0.1) is 5.92 Å². The van der Waals surface area contributed by atoms with E-state index in [0.29, 0.717) is 13.0 Å². The summed E-state index contributed by atoms with van der Waals surface area (Å²) in [6.07, 6.45) is 0.670. The molecule has 1 aliphatic rings. The Morgan fingerprint density at radius 3 is 2.07 bits per heavy atom. The van der Waals surface area contributed by atoms with Crippen molar-refractivity contribution in [1.29, 1.82) is 0 Å². The fraction of sp³-hybridized carbons (Fsp3) is 0.900. The van der Waals surface area contributed by atoms with Crippen LogP contribution in [0.1, 0.15) is 34.1 Å². The van der Waals surface area contributed by atoms with Crippen molar-refractivity contribution >= 4 is 15.8 Å². The number of hydrogen-bond acceptors (Lipinski definition) is 3. The molecule has 0 unspecified atom stereocenters. The monoisotopic (exact) mass is 233 g/mol. The molecule has 0 saturated carbocycles. The minimum atomic E-state index is -3.26. The largest absolute Gasteiger partial charge is 0.298 e. The Labute approximate surface area is 91.7 Å². The SMILES string of the molecule is CC(C)C(=O)[C@@H]1CCN1S(=O)(=O)C(C)C. The Hall–Kier alpha value is -0.420. The summed E-state index contributed by atoms with van der Waals surface area (Å²) >= 11 is 0. The van der Waals surface area contributed by atoms with E-state index in [1.165, 1.54) is 4.31 Å². The molecule has 0 bridgehead atoms. The molecule has 1 fully saturated rings. The van der Waals surface area contributed by atoms with E-state index in [1.807, 2.05) is 0 Å². The molecule has 1 atom stereocenters. The third kappa shape index (κ3) is 2.23. The van der Waals surface area contributed by atoms with Gasteiger partial charge in [-0.05, 0) is 20.3 Å². The van der Waals surface area contributed by atoms with E-state index >= 15 is 0 Å². The van der Waals surface area contributed by atoms with E-state index in [9.17, 15) is 13.2 Å². The Balaban J connectivity index is 2.80. The van der Waals surface area contributed by atoms with Crippen molar-refractivity contribution in [3.05, 3.63) is 0 Å². The molecule has 0 aromatic rings. The van der Waals surface area contributed by atoms with Crippen molar-refractivity contribution in [1.82, 2.24) is 4.31 Å². The van der Waals surface area contributed by atoms with Gasteiger partial charge >= 0.3 is 0 Å². The number of hydrogen-bond donors (Lipinski definition) is 0. The molecule has 1 aliphatic heterocycles. The lowest BCUT2D eigenvalue weighted by Gasteiger charge is -2.40. The normalized spacial score (nSPS) is 23.2. The standard InChI is InChI=1S/C10H19NO3S/c1-7(2)10(12)9-5-6-11(9)15(13,14)8(3)4/h7-9H,5-6H2,1-4H3/t9-/m0/s1. The molecule has 0 aromatic heterocycles. The summed E-state index contributed by atoms with van der Waals surface area (Å²) in [7, 11) is -3.26. The minimum Gasteiger partial charge on any atom is -0.298 e. The molecular weight excluding hydrogens is 214 g/mol. The van der Waals surface area contributed by atoms with Crippen molar-refractivity contribution in [2.24, 2.45) is 5.92 Å². The Kier molecular flexibility index (Phi) is 3.55. The number of rotatable bonds is 4. The van der Waals surface area contributed by atoms with Gasteiger partial charge in [0.05, 0.1) is 11.3 Å². The van der Waals surface area contributed by atoms with Gasteiger partial charge in [-0.2, -0.15) is 4.31 Å². The van der Waals surface area contributed by atoms with Gasteiger partial charge < -0.3 is 0 Å². The maximum absolute atomic E-state index is 11.8. The van der Waals surface area contributed by atoms with E-state index < -0.39 is 21.3 Å². The second-order valence-electron chi connectivity index (χ2n) is 4.57. The summed E-state index contributed by atoms with van der Waals surface area (Å²) in [5, 5.41) is -0.444. The molecule has 1 heterocycles. The highest BCUT2D eigenvalue weighted by atomic mass is 32.2. The first-order chi connectivity index (χ1) is 6.78. The average molecular weight is 233 g/mol. The Morgan fingerprint density at radius 1 is 1.27 bits per heavy atom. The van der Waals surface area contributed by atoms with E-state index in [-0.39, 0.29) is 11.7 Å². The molecule has 5 heteroatoms. The zero-order chi connectivity index (χ0) is 11.8. The number of nitrogens with zero attached hydrogens (tertiary/aromatic N) is 1. The van der Waals surface area contributed by atoms with E-state index in [4.69, 9.17) is 0 Å². The zero-order valence-corrected chi connectivity index (χ0v) is 10.5. The summed E-state index contributed by atoms with van der Waals surface area (Å²) in [6.45, 7) is 7.39. The van der Waals surface area contributed by atoms with E-state index in [1.54, 1.807) is 27.7 Å². The van der Waals surface area contributed by atoms with Gasteiger partial charge in [0.15, 0.2) is 5.78 Å². The van der Waals surface area contributed by atoms with Gasteiger partial charge in [-0.25, -0.2) is 8.42 Å². The Morgan fingerprint density at radius 2 is 1.80 bits per heavy atom. The predicted molar refractivity (Wildman–Crippen MR) is 59.0 cm³/mol. The first-order valence-corrected chi connectivity index (χ1v) is 6.83. The molecule has 0 aromatic carbocycles. The lowest BCUT2D eigenvalue weighted by Crippen LogP contribution is -2.57. The van der Waals surface area contributed by atoms with Crippen LogP contribution in [-0.2, 0) is 14.8 Å². The van der Waals surface area contributed by atoms with Crippen LogP contribution in [0.3, 0.4) is 0 Å². The molecule has 0 N–H and O–H groups in total. The van der Waals surface area contributed by atoms with Crippen molar-refractivity contribution in [3.63, 3.8) is 0 Å². The van der Waals surface area contributed by atoms with Crippen molar-refractivity contribution in [2.45, 2.75) is 45.4 Å². The lowest BCUT2D eigenvalue weighted by molar-refractivity contribution is -0.128. The van der Waals surface area contributed by atoms with E-state index in [0.717, 1.165) is 0 Å². The highest BCUT2D eigenvalue weighted by molar-refractivity contribution is 7.89. The molecular formula is C10H19NO3S. The van der Waals surface area contributed by atoms with Gasteiger partial charge in [0.1, 0.15) is 0 Å². The smallest absolute Gasteiger partial charge is 0.217 e. The van der Waals surface area contributed by atoms with Gasteiger partial charge in [0.2, 0.25) is 10.0 Å². The first-order valence-electron chi connectivity index (χ1n) is 5.33. The molecule has 1 rings (SSSR count). The van der Waals surface area contributed by atoms with Crippen LogP contribution in [0.2, 0.25) is 0 Å². The summed E-state index contributed by atoms with van der Waals surface area (Å²) < 4.78 is 25.0. The highest BCUT2D eigenvalue weighted by Gasteiger charge is 2.43. The minimum absolute atomic E-state index is 0.0328. The highest BCUT2D eigenvalue weighted by Crippen LogP contribution is 2.26. The average Bonchev–Trinajstić information content (AvgIpc) is 2.00. The predicted octanol–water partition coefficient (Wildman–Crippen LogP) is 1.02. The van der Waals surface area contributed by atoms with Gasteiger partial charge in [-0.1, -0.05) is 13.8 Å². The van der Waals surface area contributed by atoms with Crippen LogP contribution >= 0.6 is 0 Å². The van der Waals surface area contributed by atoms with Crippen molar-refractivity contribution in [2.75, 3.05) is 6.54 Å². The molecule has 0 spiro atoms. The molecule has 0 radical (unpaired) electrons. The molecule has 88 valence electrons. The second kappa shape index (κ2) is 4.22. The summed E-state index contributed by atoms with van der Waals surface area (Å²) in [4.78, 5) is 11.7. The van der Waals surface area contributed by atoms with Gasteiger partial charge in [-0.3, -0.25) is 4.79 Å². The maximum atomic E-state index is 11.8. The van der Waals surface area contributed by atoms with Crippen LogP contribution < -0.4 is 0 Å². The lowest BCUT2D eigenvalue weighted by atomic mass is 9.95. The van der Waals surface area contributed by atoms with Gasteiger partial charge in [-0.15, -0.1) is 0 Å². The molecule has 0 amide bonds.